The second kappa shape index (κ2) is 10.7. The number of nitrogens with one attached hydrogen (secondary N) is 1. The molecule has 0 spiro atoms. The van der Waals surface area contributed by atoms with Crippen LogP contribution in [0.2, 0.25) is 0 Å². The van der Waals surface area contributed by atoms with Crippen LogP contribution in [0, 0.1) is 0 Å². The molecule has 1 aromatic carbocycles. The largest absolute Gasteiger partial charge is 0.474 e. The van der Waals surface area contributed by atoms with Crippen molar-refractivity contribution in [1.82, 2.24) is 9.97 Å². The Morgan fingerprint density at radius 2 is 1.83 bits per heavy atom. The molecule has 0 saturated carbocycles. The molecule has 1 atom stereocenters. The number of halogens is 3. The number of anilines is 1. The minimum absolute atomic E-state index is 0.0762. The van der Waals surface area contributed by atoms with Crippen molar-refractivity contribution in [3.05, 3.63) is 65.7 Å². The lowest BCUT2D eigenvalue weighted by molar-refractivity contribution is -0.137. The lowest BCUT2D eigenvalue weighted by Crippen LogP contribution is -2.20. The molecular weight excluding hydrogens is 495 g/mol. The van der Waals surface area contributed by atoms with Crippen LogP contribution in [0.1, 0.15) is 43.2 Å². The van der Waals surface area contributed by atoms with Gasteiger partial charge in [-0.15, -0.1) is 0 Å². The van der Waals surface area contributed by atoms with Crippen molar-refractivity contribution in [1.29, 1.82) is 0 Å². The van der Waals surface area contributed by atoms with Crippen LogP contribution in [0.5, 0.6) is 5.88 Å². The fraction of sp³-hybridized carbons (Fsp3) is 0.320. The second-order valence-electron chi connectivity index (χ2n) is 8.40. The van der Waals surface area contributed by atoms with Crippen LogP contribution in [-0.2, 0) is 27.4 Å². The van der Waals surface area contributed by atoms with E-state index in [1.165, 1.54) is 18.2 Å². The Balaban J connectivity index is 1.82. The van der Waals surface area contributed by atoms with E-state index in [0.29, 0.717) is 37.7 Å². The minimum atomic E-state index is -4.69. The number of nitrogens with zero attached hydrogens (tertiary/aromatic N) is 2. The summed E-state index contributed by atoms with van der Waals surface area (Å²) in [5.74, 6) is -0.191. The number of hydrogen-bond donors (Lipinski definition) is 1. The van der Waals surface area contributed by atoms with E-state index in [2.05, 4.69) is 14.7 Å². The number of alkyl halides is 3. The highest BCUT2D eigenvalue weighted by Crippen LogP contribution is 2.38. The molecule has 190 valence electrons. The lowest BCUT2D eigenvalue weighted by Gasteiger charge is -2.20. The first-order valence-corrected chi connectivity index (χ1v) is 12.9. The first kappa shape index (κ1) is 25.6. The standard InChI is InChI=1S/C25H24F3N3O4S/c26-25(27,28)20-14-15-21-29-24(20)19-11-4-2-8-17(19)7-1-3-9-18(10-6-16-32)35-22-12-5-13-23(30-22)36(33,34)31-21/h2,4-5,8,11-16,18H,1,3,6-7,9-10H2,(H,29,31). The van der Waals surface area contributed by atoms with E-state index in [0.717, 1.165) is 18.4 Å². The minimum Gasteiger partial charge on any atom is -0.474 e. The predicted molar refractivity (Wildman–Crippen MR) is 127 cm³/mol. The molecule has 0 saturated heterocycles. The van der Waals surface area contributed by atoms with Crippen molar-refractivity contribution in [3.8, 4) is 17.1 Å². The number of carbonyl (C=O) groups is 1. The molecule has 11 heteroatoms. The van der Waals surface area contributed by atoms with Crippen LogP contribution in [-0.4, -0.2) is 30.8 Å². The third kappa shape index (κ3) is 6.01. The number of carbonyl (C=O) groups excluding carboxylic acids is 1. The fourth-order valence-electron chi connectivity index (χ4n) is 4.09. The van der Waals surface area contributed by atoms with Gasteiger partial charge in [0.05, 0.1) is 11.3 Å². The summed E-state index contributed by atoms with van der Waals surface area (Å²) in [7, 11) is -4.29. The summed E-state index contributed by atoms with van der Waals surface area (Å²) < 4.78 is 75.8. The van der Waals surface area contributed by atoms with Crippen LogP contribution in [0.25, 0.3) is 11.3 Å². The summed E-state index contributed by atoms with van der Waals surface area (Å²) in [6, 6.07) is 12.7. The molecule has 0 radical (unpaired) electrons. The third-order valence-corrected chi connectivity index (χ3v) is 7.06. The number of ether oxygens (including phenoxy) is 1. The van der Waals surface area contributed by atoms with Gasteiger partial charge in [-0.25, -0.2) is 4.98 Å². The number of benzene rings is 1. The highest BCUT2D eigenvalue weighted by Gasteiger charge is 2.35. The van der Waals surface area contributed by atoms with Gasteiger partial charge in [-0.1, -0.05) is 30.3 Å². The molecule has 1 aliphatic heterocycles. The molecule has 36 heavy (non-hydrogen) atoms. The van der Waals surface area contributed by atoms with Crippen LogP contribution < -0.4 is 9.46 Å². The topological polar surface area (TPSA) is 98.2 Å². The molecule has 0 amide bonds. The molecule has 7 nitrogen and oxygen atoms in total. The van der Waals surface area contributed by atoms with Gasteiger partial charge >= 0.3 is 6.18 Å². The van der Waals surface area contributed by atoms with Crippen molar-refractivity contribution >= 4 is 22.1 Å². The van der Waals surface area contributed by atoms with E-state index in [1.807, 2.05) is 0 Å². The Kier molecular flexibility index (Phi) is 7.58. The number of pyridine rings is 2. The van der Waals surface area contributed by atoms with Crippen molar-refractivity contribution in [2.75, 3.05) is 4.72 Å². The third-order valence-electron chi connectivity index (χ3n) is 5.80. The normalized spacial score (nSPS) is 17.8. The zero-order valence-electron chi connectivity index (χ0n) is 19.2. The molecule has 4 rings (SSSR count). The summed E-state index contributed by atoms with van der Waals surface area (Å²) in [5.41, 5.74) is -0.354. The number of rotatable bonds is 3. The highest BCUT2D eigenvalue weighted by atomic mass is 32.2. The number of fused-ring (bicyclic) bond motifs is 6. The van der Waals surface area contributed by atoms with E-state index in [9.17, 15) is 26.4 Å². The maximum Gasteiger partial charge on any atom is 0.418 e. The lowest BCUT2D eigenvalue weighted by atomic mass is 9.95. The van der Waals surface area contributed by atoms with Crippen molar-refractivity contribution in [2.24, 2.45) is 0 Å². The number of aldehydes is 1. The number of aromatic nitrogens is 2. The van der Waals surface area contributed by atoms with Crippen LogP contribution >= 0.6 is 0 Å². The van der Waals surface area contributed by atoms with Gasteiger partial charge in [0.1, 0.15) is 18.2 Å². The Morgan fingerprint density at radius 3 is 2.61 bits per heavy atom. The summed E-state index contributed by atoms with van der Waals surface area (Å²) >= 11 is 0. The Labute approximate surface area is 206 Å². The Morgan fingerprint density at radius 1 is 1.03 bits per heavy atom. The second-order valence-corrected chi connectivity index (χ2v) is 10.0. The summed E-state index contributed by atoms with van der Waals surface area (Å²) in [4.78, 5) is 19.1. The summed E-state index contributed by atoms with van der Waals surface area (Å²) in [6.45, 7) is 0. The number of hydrogen-bond acceptors (Lipinski definition) is 6. The van der Waals surface area contributed by atoms with Crippen molar-refractivity contribution in [3.63, 3.8) is 0 Å². The van der Waals surface area contributed by atoms with E-state index >= 15 is 0 Å². The Hall–Kier alpha value is -3.47. The Bertz CT molecular complexity index is 1350. The average Bonchev–Trinajstić information content (AvgIpc) is 2.84. The summed E-state index contributed by atoms with van der Waals surface area (Å²) in [5, 5.41) is -0.370. The zero-order valence-corrected chi connectivity index (χ0v) is 20.0. The first-order valence-electron chi connectivity index (χ1n) is 11.4. The molecule has 3 heterocycles. The van der Waals surface area contributed by atoms with Gasteiger partial charge in [-0.05, 0) is 55.9 Å². The fourth-order valence-corrected chi connectivity index (χ4v) is 5.06. The van der Waals surface area contributed by atoms with Gasteiger partial charge in [-0.3, -0.25) is 4.72 Å². The maximum atomic E-state index is 13.9. The van der Waals surface area contributed by atoms with Gasteiger partial charge < -0.3 is 9.53 Å². The van der Waals surface area contributed by atoms with E-state index < -0.39 is 21.8 Å². The van der Waals surface area contributed by atoms with E-state index in [1.54, 1.807) is 24.3 Å². The van der Waals surface area contributed by atoms with Crippen molar-refractivity contribution in [2.45, 2.75) is 55.8 Å². The quantitative estimate of drug-likeness (QED) is 0.465. The molecule has 3 aromatic rings. The number of sulfonamides is 1. The van der Waals surface area contributed by atoms with Crippen LogP contribution in [0.4, 0.5) is 19.0 Å². The predicted octanol–water partition coefficient (Wildman–Crippen LogP) is 5.42. The monoisotopic (exact) mass is 519 g/mol. The van der Waals surface area contributed by atoms with Gasteiger partial charge in [-0.2, -0.15) is 26.6 Å². The van der Waals surface area contributed by atoms with E-state index in [4.69, 9.17) is 4.74 Å². The van der Waals surface area contributed by atoms with Crippen molar-refractivity contribution < 1.29 is 31.1 Å². The average molecular weight is 520 g/mol. The molecular formula is C25H24F3N3O4S. The number of aryl methyl sites for hydroxylation is 1. The SMILES string of the molecule is O=CCCC1CCCCc2ccccc2-c2nc(ccc2C(F)(F)F)NS(=O)(=O)c2cccc(n2)O1. The van der Waals surface area contributed by atoms with E-state index in [-0.39, 0.29) is 40.5 Å². The molecule has 1 aliphatic rings. The molecule has 2 aromatic heterocycles. The first-order chi connectivity index (χ1) is 17.2. The molecule has 0 aliphatic carbocycles. The molecule has 1 unspecified atom stereocenters. The molecule has 1 N–H and O–H groups in total. The molecule has 4 bridgehead atoms. The van der Waals surface area contributed by atoms with Gasteiger partial charge in [0.25, 0.3) is 10.0 Å². The summed E-state index contributed by atoms with van der Waals surface area (Å²) in [6.07, 6.45) is -1.18. The highest BCUT2D eigenvalue weighted by molar-refractivity contribution is 7.92. The van der Waals surface area contributed by atoms with Crippen LogP contribution in [0.3, 0.4) is 0 Å². The van der Waals surface area contributed by atoms with Crippen LogP contribution in [0.15, 0.2) is 59.6 Å². The zero-order chi connectivity index (χ0) is 25.8. The van der Waals surface area contributed by atoms with Gasteiger partial charge in [0.2, 0.25) is 5.88 Å². The molecule has 0 fully saturated rings. The smallest absolute Gasteiger partial charge is 0.418 e. The van der Waals surface area contributed by atoms with Gasteiger partial charge in [0, 0.05) is 18.1 Å². The van der Waals surface area contributed by atoms with Gasteiger partial charge in [0.15, 0.2) is 5.03 Å². The maximum absolute atomic E-state index is 13.9.